The van der Waals surface area contributed by atoms with E-state index in [1.165, 1.54) is 0 Å². The predicted molar refractivity (Wildman–Crippen MR) is 145 cm³/mol. The van der Waals surface area contributed by atoms with Gasteiger partial charge in [0.25, 0.3) is 5.91 Å². The lowest BCUT2D eigenvalue weighted by Crippen LogP contribution is -2.63. The molecule has 1 aromatic carbocycles. The van der Waals surface area contributed by atoms with Gasteiger partial charge >= 0.3 is 0 Å². The first-order chi connectivity index (χ1) is 18.9. The van der Waals surface area contributed by atoms with Gasteiger partial charge in [0.15, 0.2) is 11.4 Å². The van der Waals surface area contributed by atoms with Crippen molar-refractivity contribution in [1.29, 1.82) is 0 Å². The summed E-state index contributed by atoms with van der Waals surface area (Å²) in [5.74, 6) is -6.35. The van der Waals surface area contributed by atoms with Crippen molar-refractivity contribution >= 4 is 23.2 Å². The number of nitrogens with two attached hydrogens (primary N) is 1. The molecule has 0 aromatic heterocycles. The third-order valence-electron chi connectivity index (χ3n) is 9.78. The first kappa shape index (κ1) is 26.8. The molecule has 214 valence electrons. The van der Waals surface area contributed by atoms with E-state index in [4.69, 9.17) is 5.73 Å². The number of hydrogen-bond acceptors (Lipinski definition) is 10. The minimum atomic E-state index is -2.63. The second kappa shape index (κ2) is 9.05. The molecular formula is C29H36N4O7. The summed E-state index contributed by atoms with van der Waals surface area (Å²) >= 11 is 0. The zero-order chi connectivity index (χ0) is 28.8. The fourth-order valence-corrected chi connectivity index (χ4v) is 8.06. The summed E-state index contributed by atoms with van der Waals surface area (Å²) in [6.07, 6.45) is 3.53. The highest BCUT2D eigenvalue weighted by Gasteiger charge is 2.63. The quantitative estimate of drug-likeness (QED) is 0.343. The average Bonchev–Trinajstić information content (AvgIpc) is 3.40. The van der Waals surface area contributed by atoms with Gasteiger partial charge in [-0.25, -0.2) is 0 Å². The van der Waals surface area contributed by atoms with Crippen molar-refractivity contribution in [3.05, 3.63) is 45.4 Å². The summed E-state index contributed by atoms with van der Waals surface area (Å²) in [4.78, 5) is 45.7. The van der Waals surface area contributed by atoms with Crippen molar-refractivity contribution in [2.45, 2.75) is 49.8 Å². The molecule has 40 heavy (non-hydrogen) atoms. The summed E-state index contributed by atoms with van der Waals surface area (Å²) in [7, 11) is 5.21. The van der Waals surface area contributed by atoms with Crippen LogP contribution in [0.4, 0.5) is 5.69 Å². The molecule has 11 heteroatoms. The highest BCUT2D eigenvalue weighted by atomic mass is 16.3. The van der Waals surface area contributed by atoms with Crippen molar-refractivity contribution in [3.8, 4) is 5.75 Å². The van der Waals surface area contributed by atoms with Crippen LogP contribution in [0.3, 0.4) is 0 Å². The molecule has 1 saturated heterocycles. The third kappa shape index (κ3) is 3.44. The number of primary amides is 1. The normalized spacial score (nSPS) is 32.3. The molecule has 1 aromatic rings. The van der Waals surface area contributed by atoms with Crippen LogP contribution in [0.25, 0.3) is 0 Å². The van der Waals surface area contributed by atoms with Crippen LogP contribution in [0.1, 0.15) is 53.2 Å². The lowest BCUT2D eigenvalue weighted by atomic mass is 9.58. The summed E-state index contributed by atoms with van der Waals surface area (Å²) in [6, 6.07) is 0.777. The summed E-state index contributed by atoms with van der Waals surface area (Å²) in [5, 5.41) is 45.4. The number of anilines is 1. The third-order valence-corrected chi connectivity index (χ3v) is 9.78. The molecule has 5 atom stereocenters. The Bertz CT molecular complexity index is 1410. The van der Waals surface area contributed by atoms with Crippen LogP contribution in [0.5, 0.6) is 5.75 Å². The fraction of sp³-hybridized carbons (Fsp3) is 0.552. The minimum Gasteiger partial charge on any atom is -0.510 e. The van der Waals surface area contributed by atoms with Crippen LogP contribution in [0.2, 0.25) is 0 Å². The Hall–Kier alpha value is -3.41. The maximum absolute atomic E-state index is 14.0. The molecule has 0 radical (unpaired) electrons. The van der Waals surface area contributed by atoms with Crippen LogP contribution in [-0.4, -0.2) is 100 Å². The van der Waals surface area contributed by atoms with Crippen LogP contribution < -0.4 is 10.6 Å². The minimum absolute atomic E-state index is 0.0634. The Morgan fingerprint density at radius 1 is 1.12 bits per heavy atom. The number of benzene rings is 1. The molecule has 1 fully saturated rings. The zero-order valence-corrected chi connectivity index (χ0v) is 23.0. The number of nitrogens with zero attached hydrogens (tertiary/aromatic N) is 3. The van der Waals surface area contributed by atoms with Crippen LogP contribution in [0, 0.1) is 11.8 Å². The molecule has 0 saturated carbocycles. The number of amides is 1. The number of likely N-dealkylation sites (N-methyl/N-ethyl adjacent to an activating group) is 1. The van der Waals surface area contributed by atoms with Gasteiger partial charge in [-0.05, 0) is 82.4 Å². The predicted octanol–water partition coefficient (Wildman–Crippen LogP) is 1.10. The lowest BCUT2D eigenvalue weighted by Gasteiger charge is -2.50. The van der Waals surface area contributed by atoms with E-state index in [1.807, 2.05) is 7.05 Å². The largest absolute Gasteiger partial charge is 0.510 e. The van der Waals surface area contributed by atoms with E-state index in [0.717, 1.165) is 50.1 Å². The number of aliphatic hydroxyl groups excluding tert-OH is 2. The maximum atomic E-state index is 14.0. The first-order valence-corrected chi connectivity index (χ1v) is 13.9. The first-order valence-electron chi connectivity index (χ1n) is 13.9. The van der Waals surface area contributed by atoms with Crippen molar-refractivity contribution in [2.24, 2.45) is 17.6 Å². The number of fused-ring (bicyclic) bond motifs is 5. The Kier molecular flexibility index (Phi) is 6.06. The van der Waals surface area contributed by atoms with Gasteiger partial charge in [-0.3, -0.25) is 24.2 Å². The van der Waals surface area contributed by atoms with Gasteiger partial charge in [0, 0.05) is 36.8 Å². The zero-order valence-electron chi connectivity index (χ0n) is 23.0. The van der Waals surface area contributed by atoms with Gasteiger partial charge in [0.1, 0.15) is 22.8 Å². The SMILES string of the molecule is CN1CCC(N2CCCC2)c2cc(O)c3c(c21)C[C@@H]1C[C@@H]2[C@@H](N(C)C)C(O)=C(C(N)=O)C(=O)[C@@]2(O)C(O)=C1C3=O. The summed E-state index contributed by atoms with van der Waals surface area (Å²) in [5.41, 5.74) is 4.47. The number of carbonyl (C=O) groups is 3. The number of aromatic hydroxyl groups is 1. The van der Waals surface area contributed by atoms with Gasteiger partial charge in [0.05, 0.1) is 11.6 Å². The number of rotatable bonds is 3. The van der Waals surface area contributed by atoms with Gasteiger partial charge in [-0.2, -0.15) is 0 Å². The smallest absolute Gasteiger partial charge is 0.255 e. The fourth-order valence-electron chi connectivity index (χ4n) is 8.06. The van der Waals surface area contributed by atoms with Crippen LogP contribution in [-0.2, 0) is 16.0 Å². The number of hydrogen-bond donors (Lipinski definition) is 5. The molecule has 6 N–H and O–H groups in total. The van der Waals surface area contributed by atoms with Crippen molar-refractivity contribution in [3.63, 3.8) is 0 Å². The monoisotopic (exact) mass is 552 g/mol. The van der Waals surface area contributed by atoms with Crippen molar-refractivity contribution < 1.29 is 34.8 Å². The Morgan fingerprint density at radius 3 is 2.42 bits per heavy atom. The van der Waals surface area contributed by atoms with E-state index in [0.29, 0.717) is 12.0 Å². The van der Waals surface area contributed by atoms with Crippen LogP contribution in [0.15, 0.2) is 28.7 Å². The molecule has 1 unspecified atom stereocenters. The van der Waals surface area contributed by atoms with Gasteiger partial charge in [0.2, 0.25) is 5.78 Å². The molecule has 0 bridgehead atoms. The molecule has 1 amide bonds. The molecule has 11 nitrogen and oxygen atoms in total. The maximum Gasteiger partial charge on any atom is 0.255 e. The summed E-state index contributed by atoms with van der Waals surface area (Å²) in [6.45, 7) is 2.75. The Balaban J connectivity index is 1.52. The Labute approximate surface area is 232 Å². The van der Waals surface area contributed by atoms with E-state index < -0.39 is 58.0 Å². The molecule has 2 heterocycles. The molecule has 3 aliphatic carbocycles. The highest BCUT2D eigenvalue weighted by Crippen LogP contribution is 2.54. The Morgan fingerprint density at radius 2 is 1.80 bits per heavy atom. The second-order valence-corrected chi connectivity index (χ2v) is 12.1. The molecule has 6 rings (SSSR count). The van der Waals surface area contributed by atoms with Crippen molar-refractivity contribution in [1.82, 2.24) is 9.80 Å². The number of phenols is 1. The molecular weight excluding hydrogens is 516 g/mol. The van der Waals surface area contributed by atoms with E-state index in [9.17, 15) is 34.8 Å². The highest BCUT2D eigenvalue weighted by molar-refractivity contribution is 6.24. The van der Waals surface area contributed by atoms with E-state index >= 15 is 0 Å². The van der Waals surface area contributed by atoms with E-state index in [2.05, 4.69) is 9.80 Å². The number of phenolic OH excluding ortho intramolecular Hbond substituents is 1. The van der Waals surface area contributed by atoms with Crippen molar-refractivity contribution in [2.75, 3.05) is 45.7 Å². The lowest BCUT2D eigenvalue weighted by molar-refractivity contribution is -0.148. The number of Topliss-reactive ketones (excluding diaryl/α,β-unsaturated/α-hetero) is 2. The topological polar surface area (TPSA) is 168 Å². The van der Waals surface area contributed by atoms with E-state index in [-0.39, 0.29) is 29.3 Å². The van der Waals surface area contributed by atoms with E-state index in [1.54, 1.807) is 25.1 Å². The second-order valence-electron chi connectivity index (χ2n) is 12.1. The number of ketones is 2. The number of carbonyl (C=O) groups excluding carboxylic acids is 3. The summed E-state index contributed by atoms with van der Waals surface area (Å²) < 4.78 is 0. The number of allylic oxidation sites excluding steroid dienone is 1. The van der Waals surface area contributed by atoms with Crippen LogP contribution >= 0.6 is 0 Å². The number of likely N-dealkylation sites (tertiary alicyclic amines) is 1. The number of aliphatic hydroxyl groups is 3. The molecule has 2 aliphatic heterocycles. The molecule has 5 aliphatic rings. The molecule has 0 spiro atoms. The van der Waals surface area contributed by atoms with Gasteiger partial charge in [-0.15, -0.1) is 0 Å². The van der Waals surface area contributed by atoms with Gasteiger partial charge in [-0.1, -0.05) is 0 Å². The average molecular weight is 553 g/mol. The van der Waals surface area contributed by atoms with Gasteiger partial charge < -0.3 is 31.1 Å². The standard InChI is InChI=1S/C29H36N4O7/c1-31(2)23-16-11-13-10-15-20(18(34)12-14-17(33-7-4-5-8-33)6-9-32(3)22(14)15)24(35)19(13)26(37)29(16,40)27(38)21(25(23)36)28(30)39/h12-13,16-17,23,34,36-37,40H,4-11H2,1-3H3,(H2,30,39)/t13-,16-,17?,23-,29+/m1/s1.